The quantitative estimate of drug-likeness (QED) is 0.523. The van der Waals surface area contributed by atoms with Gasteiger partial charge in [0.15, 0.2) is 0 Å². The minimum absolute atomic E-state index is 0.0580. The highest BCUT2D eigenvalue weighted by molar-refractivity contribution is 6.04. The molecule has 1 aliphatic heterocycles. The first-order valence-electron chi connectivity index (χ1n) is 10.4. The summed E-state index contributed by atoms with van der Waals surface area (Å²) in [6.07, 6.45) is -2.05. The van der Waals surface area contributed by atoms with Gasteiger partial charge in [-0.05, 0) is 61.2 Å². The van der Waals surface area contributed by atoms with Crippen LogP contribution in [0.1, 0.15) is 46.0 Å². The third kappa shape index (κ3) is 5.35. The van der Waals surface area contributed by atoms with Crippen molar-refractivity contribution in [2.75, 3.05) is 25.0 Å². The maximum Gasteiger partial charge on any atom is 0.350 e. The Morgan fingerprint density at radius 3 is 2.45 bits per heavy atom. The van der Waals surface area contributed by atoms with E-state index in [1.807, 2.05) is 0 Å². The molecule has 0 unspecified atom stereocenters. The zero-order chi connectivity index (χ0) is 24.3. The summed E-state index contributed by atoms with van der Waals surface area (Å²) in [4.78, 5) is 26.2. The Morgan fingerprint density at radius 2 is 1.85 bits per heavy atom. The van der Waals surface area contributed by atoms with E-state index in [9.17, 15) is 29.3 Å². The van der Waals surface area contributed by atoms with Gasteiger partial charge in [0, 0.05) is 29.9 Å². The fourth-order valence-corrected chi connectivity index (χ4v) is 3.67. The fourth-order valence-electron chi connectivity index (χ4n) is 3.67. The summed E-state index contributed by atoms with van der Waals surface area (Å²) in [5.41, 5.74) is -0.985. The third-order valence-electron chi connectivity index (χ3n) is 5.62. The minimum atomic E-state index is -4.10. The molecule has 2 amide bonds. The Balaban J connectivity index is 1.94. The molecule has 2 aromatic carbocycles. The van der Waals surface area contributed by atoms with Crippen LogP contribution in [0.5, 0.6) is 0 Å². The number of aliphatic hydroxyl groups excluding tert-OH is 3. The number of anilines is 1. The summed E-state index contributed by atoms with van der Waals surface area (Å²) in [5, 5.41) is 31.4. The van der Waals surface area contributed by atoms with Crippen LogP contribution < -0.4 is 5.32 Å². The summed E-state index contributed by atoms with van der Waals surface area (Å²) < 4.78 is 44.1. The van der Waals surface area contributed by atoms with Gasteiger partial charge in [0.2, 0.25) is 0 Å². The molecular formula is C23H25F3N2O5. The van der Waals surface area contributed by atoms with Gasteiger partial charge < -0.3 is 25.5 Å². The van der Waals surface area contributed by atoms with Crippen LogP contribution in [0.15, 0.2) is 36.4 Å². The molecule has 4 N–H and O–H groups in total. The molecule has 0 aliphatic carbocycles. The minimum Gasteiger partial charge on any atom is -0.393 e. The zero-order valence-electron chi connectivity index (χ0n) is 17.9. The van der Waals surface area contributed by atoms with E-state index in [0.29, 0.717) is 0 Å². The predicted molar refractivity (Wildman–Crippen MR) is 113 cm³/mol. The van der Waals surface area contributed by atoms with E-state index in [4.69, 9.17) is 0 Å². The number of nitrogens with one attached hydrogen (secondary N) is 1. The molecule has 178 valence electrons. The van der Waals surface area contributed by atoms with Crippen LogP contribution in [-0.2, 0) is 10.7 Å². The van der Waals surface area contributed by atoms with Crippen molar-refractivity contribution >= 4 is 17.5 Å². The Labute approximate surface area is 188 Å². The highest BCUT2D eigenvalue weighted by atomic mass is 19.3. The predicted octanol–water partition coefficient (Wildman–Crippen LogP) is 2.49. The third-order valence-corrected chi connectivity index (χ3v) is 5.62. The molecule has 1 aliphatic rings. The lowest BCUT2D eigenvalue weighted by atomic mass is 9.93. The van der Waals surface area contributed by atoms with Gasteiger partial charge in [0.25, 0.3) is 11.8 Å². The van der Waals surface area contributed by atoms with Gasteiger partial charge >= 0.3 is 5.92 Å². The van der Waals surface area contributed by atoms with E-state index in [2.05, 4.69) is 5.32 Å². The summed E-state index contributed by atoms with van der Waals surface area (Å²) >= 11 is 0. The van der Waals surface area contributed by atoms with Gasteiger partial charge in [-0.2, -0.15) is 8.78 Å². The maximum atomic E-state index is 15.3. The van der Waals surface area contributed by atoms with Gasteiger partial charge in [-0.1, -0.05) is 6.07 Å². The summed E-state index contributed by atoms with van der Waals surface area (Å²) in [7, 11) is 0. The van der Waals surface area contributed by atoms with E-state index < -0.39 is 47.9 Å². The van der Waals surface area contributed by atoms with Crippen LogP contribution in [0, 0.1) is 12.7 Å². The smallest absolute Gasteiger partial charge is 0.350 e. The largest absolute Gasteiger partial charge is 0.393 e. The molecule has 1 heterocycles. The summed E-state index contributed by atoms with van der Waals surface area (Å²) in [6, 6.07) is 6.88. The summed E-state index contributed by atoms with van der Waals surface area (Å²) in [5.74, 6) is -6.87. The Kier molecular flexibility index (Phi) is 7.41. The molecule has 7 nitrogen and oxygen atoms in total. The SMILES string of the molecule is Cc1cc(NC(=O)c2ccc([C@@H](O)CO)c(C(F)(F)C(=O)N3CCC(O)CC3)c2)ccc1F. The number of alkyl halides is 2. The molecule has 10 heteroatoms. The number of amides is 2. The van der Waals surface area contributed by atoms with Crippen molar-refractivity contribution in [1.29, 1.82) is 0 Å². The highest BCUT2D eigenvalue weighted by Gasteiger charge is 2.47. The molecule has 1 atom stereocenters. The van der Waals surface area contributed by atoms with Crippen LogP contribution in [-0.4, -0.2) is 57.8 Å². The molecule has 0 aromatic heterocycles. The molecule has 0 radical (unpaired) electrons. The van der Waals surface area contributed by atoms with Crippen LogP contribution in [0.2, 0.25) is 0 Å². The average molecular weight is 466 g/mol. The van der Waals surface area contributed by atoms with Crippen LogP contribution in [0.25, 0.3) is 0 Å². The number of nitrogens with zero attached hydrogens (tertiary/aromatic N) is 1. The van der Waals surface area contributed by atoms with Crippen molar-refractivity contribution < 1.29 is 38.1 Å². The Bertz CT molecular complexity index is 1040. The maximum absolute atomic E-state index is 15.3. The van der Waals surface area contributed by atoms with Crippen LogP contribution in [0.3, 0.4) is 0 Å². The standard InChI is InChI=1S/C23H25F3N2O5/c1-13-10-15(3-5-19(13)24)27-21(32)14-2-4-17(20(31)12-29)18(11-14)23(25,26)22(33)28-8-6-16(30)7-9-28/h2-5,10-11,16,20,29-31H,6-9,12H2,1H3,(H,27,32)/t20-/m0/s1. The number of likely N-dealkylation sites (tertiary alicyclic amines) is 1. The van der Waals surface area contributed by atoms with Crippen molar-refractivity contribution in [1.82, 2.24) is 4.90 Å². The number of benzene rings is 2. The van der Waals surface area contributed by atoms with Gasteiger partial charge in [-0.25, -0.2) is 4.39 Å². The fraction of sp³-hybridized carbons (Fsp3) is 0.391. The van der Waals surface area contributed by atoms with Crippen LogP contribution in [0.4, 0.5) is 18.9 Å². The molecule has 1 saturated heterocycles. The molecular weight excluding hydrogens is 441 g/mol. The van der Waals surface area contributed by atoms with E-state index in [1.165, 1.54) is 25.1 Å². The first-order valence-corrected chi connectivity index (χ1v) is 10.4. The van der Waals surface area contributed by atoms with Crippen molar-refractivity contribution in [3.05, 3.63) is 64.5 Å². The van der Waals surface area contributed by atoms with Gasteiger partial charge in [-0.3, -0.25) is 9.59 Å². The van der Waals surface area contributed by atoms with Crippen molar-refractivity contribution in [2.45, 2.75) is 37.9 Å². The first-order chi connectivity index (χ1) is 15.5. The second kappa shape index (κ2) is 9.90. The monoisotopic (exact) mass is 466 g/mol. The lowest BCUT2D eigenvalue weighted by molar-refractivity contribution is -0.161. The van der Waals surface area contributed by atoms with E-state index >= 15 is 8.78 Å². The molecule has 0 spiro atoms. The average Bonchev–Trinajstić information content (AvgIpc) is 2.80. The molecule has 33 heavy (non-hydrogen) atoms. The highest BCUT2D eigenvalue weighted by Crippen LogP contribution is 2.37. The second-order valence-electron chi connectivity index (χ2n) is 8.02. The lowest BCUT2D eigenvalue weighted by Crippen LogP contribution is -2.47. The van der Waals surface area contributed by atoms with Crippen LogP contribution >= 0.6 is 0 Å². The van der Waals surface area contributed by atoms with Crippen molar-refractivity contribution in [3.63, 3.8) is 0 Å². The molecule has 0 saturated carbocycles. The first kappa shape index (κ1) is 24.7. The number of piperidine rings is 1. The molecule has 0 bridgehead atoms. The van der Waals surface area contributed by atoms with E-state index in [0.717, 1.165) is 23.1 Å². The molecule has 2 aromatic rings. The number of halogens is 3. The number of hydrogen-bond donors (Lipinski definition) is 4. The number of rotatable bonds is 6. The zero-order valence-corrected chi connectivity index (χ0v) is 17.9. The van der Waals surface area contributed by atoms with E-state index in [1.54, 1.807) is 0 Å². The Morgan fingerprint density at radius 1 is 1.18 bits per heavy atom. The number of aliphatic hydroxyl groups is 3. The number of hydrogen-bond acceptors (Lipinski definition) is 5. The lowest BCUT2D eigenvalue weighted by Gasteiger charge is -2.33. The van der Waals surface area contributed by atoms with E-state index in [-0.39, 0.29) is 48.3 Å². The van der Waals surface area contributed by atoms with Gasteiger partial charge in [0.05, 0.1) is 12.7 Å². The second-order valence-corrected chi connectivity index (χ2v) is 8.02. The van der Waals surface area contributed by atoms with Gasteiger partial charge in [-0.15, -0.1) is 0 Å². The summed E-state index contributed by atoms with van der Waals surface area (Å²) in [6.45, 7) is 0.517. The Hall–Kier alpha value is -2.95. The molecule has 3 rings (SSSR count). The topological polar surface area (TPSA) is 110 Å². The number of carbonyl (C=O) groups is 2. The molecule has 1 fully saturated rings. The van der Waals surface area contributed by atoms with Crippen molar-refractivity contribution in [2.24, 2.45) is 0 Å². The number of carbonyl (C=O) groups excluding carboxylic acids is 2. The van der Waals surface area contributed by atoms with Crippen molar-refractivity contribution in [3.8, 4) is 0 Å². The number of aryl methyl sites for hydroxylation is 1. The van der Waals surface area contributed by atoms with Gasteiger partial charge in [0.1, 0.15) is 11.9 Å². The normalized spacial score (nSPS) is 15.9.